The molecule has 8 aliphatic carbocycles. The molecule has 8 bridgehead atoms. The molecule has 0 aromatic carbocycles. The Morgan fingerprint density at radius 3 is 1.83 bits per heavy atom. The van der Waals surface area contributed by atoms with E-state index in [0.717, 1.165) is 54.6 Å². The van der Waals surface area contributed by atoms with Crippen molar-refractivity contribution in [3.05, 3.63) is 0 Å². The van der Waals surface area contributed by atoms with E-state index in [1.807, 2.05) is 6.92 Å². The molecule has 164 valence electrons. The van der Waals surface area contributed by atoms with Gasteiger partial charge in [-0.15, -0.1) is 0 Å². The van der Waals surface area contributed by atoms with Crippen molar-refractivity contribution < 1.29 is 9.59 Å². The molecular formula is C25H37N3O2. The number of rotatable bonds is 5. The highest BCUT2D eigenvalue weighted by Crippen LogP contribution is 2.60. The lowest BCUT2D eigenvalue weighted by atomic mass is 9.49. The molecule has 8 aliphatic rings. The molecule has 0 atom stereocenters. The number of nitrogens with one attached hydrogen (secondary N) is 2. The van der Waals surface area contributed by atoms with E-state index in [-0.39, 0.29) is 17.2 Å². The van der Waals surface area contributed by atoms with Gasteiger partial charge in [0, 0.05) is 11.8 Å². The molecule has 0 unspecified atom stereocenters. The van der Waals surface area contributed by atoms with Crippen LogP contribution in [0.15, 0.2) is 5.10 Å². The van der Waals surface area contributed by atoms with E-state index in [4.69, 9.17) is 0 Å². The maximum atomic E-state index is 13.1. The monoisotopic (exact) mass is 411 g/mol. The van der Waals surface area contributed by atoms with E-state index >= 15 is 0 Å². The van der Waals surface area contributed by atoms with E-state index in [1.54, 1.807) is 0 Å². The third-order valence-corrected chi connectivity index (χ3v) is 9.84. The molecule has 8 rings (SSSR count). The zero-order chi connectivity index (χ0) is 20.5. The number of nitrogens with zero attached hydrogens (tertiary/aromatic N) is 1. The minimum atomic E-state index is -0.179. The summed E-state index contributed by atoms with van der Waals surface area (Å²) in [6.07, 6.45) is 14.1. The van der Waals surface area contributed by atoms with Crippen molar-refractivity contribution in [2.45, 2.75) is 90.0 Å². The van der Waals surface area contributed by atoms with Gasteiger partial charge in [0.2, 0.25) is 11.8 Å². The van der Waals surface area contributed by atoms with E-state index in [1.165, 1.54) is 51.4 Å². The fourth-order valence-corrected chi connectivity index (χ4v) is 9.32. The minimum Gasteiger partial charge on any atom is -0.352 e. The van der Waals surface area contributed by atoms with Crippen LogP contribution in [0.3, 0.4) is 0 Å². The van der Waals surface area contributed by atoms with E-state index in [2.05, 4.69) is 15.8 Å². The summed E-state index contributed by atoms with van der Waals surface area (Å²) in [5.74, 6) is 5.67. The summed E-state index contributed by atoms with van der Waals surface area (Å²) in [6.45, 7) is 1.87. The Morgan fingerprint density at radius 2 is 1.30 bits per heavy atom. The summed E-state index contributed by atoms with van der Waals surface area (Å²) in [7, 11) is 0. The number of hydrazone groups is 1. The first-order valence-corrected chi connectivity index (χ1v) is 12.6. The van der Waals surface area contributed by atoms with Gasteiger partial charge in [-0.3, -0.25) is 9.59 Å². The molecular weight excluding hydrogens is 374 g/mol. The van der Waals surface area contributed by atoms with Crippen LogP contribution < -0.4 is 10.7 Å². The summed E-state index contributed by atoms with van der Waals surface area (Å²) >= 11 is 0. The highest BCUT2D eigenvalue weighted by atomic mass is 16.2. The van der Waals surface area contributed by atoms with Gasteiger partial charge in [-0.2, -0.15) is 5.10 Å². The second-order valence-corrected chi connectivity index (χ2v) is 12.2. The van der Waals surface area contributed by atoms with Crippen molar-refractivity contribution in [3.63, 3.8) is 0 Å². The lowest BCUT2D eigenvalue weighted by Gasteiger charge is -2.55. The molecule has 0 saturated heterocycles. The van der Waals surface area contributed by atoms with Crippen LogP contribution in [0.1, 0.15) is 84.0 Å². The summed E-state index contributed by atoms with van der Waals surface area (Å²) in [5.41, 5.74) is 3.41. The fourth-order valence-electron chi connectivity index (χ4n) is 9.32. The van der Waals surface area contributed by atoms with E-state index in [9.17, 15) is 9.59 Å². The van der Waals surface area contributed by atoms with Crippen molar-refractivity contribution in [2.24, 2.45) is 51.9 Å². The molecule has 0 aromatic heterocycles. The molecule has 0 aliphatic heterocycles. The van der Waals surface area contributed by atoms with Gasteiger partial charge in [-0.05, 0) is 119 Å². The maximum absolute atomic E-state index is 13.1. The van der Waals surface area contributed by atoms with Crippen LogP contribution in [0.25, 0.3) is 0 Å². The number of amides is 2. The summed E-state index contributed by atoms with van der Waals surface area (Å²) < 4.78 is 0. The van der Waals surface area contributed by atoms with Gasteiger partial charge in [-0.25, -0.2) is 5.43 Å². The molecule has 0 heterocycles. The molecule has 8 saturated carbocycles. The van der Waals surface area contributed by atoms with E-state index in [0.29, 0.717) is 24.3 Å². The molecule has 30 heavy (non-hydrogen) atoms. The van der Waals surface area contributed by atoms with Gasteiger partial charge in [0.1, 0.15) is 0 Å². The average Bonchev–Trinajstić information content (AvgIpc) is 2.67. The summed E-state index contributed by atoms with van der Waals surface area (Å²) in [4.78, 5) is 25.8. The van der Waals surface area contributed by atoms with Gasteiger partial charge < -0.3 is 5.32 Å². The number of carbonyl (C=O) groups excluding carboxylic acids is 2. The summed E-state index contributed by atoms with van der Waals surface area (Å²) in [6, 6.07) is 0.375. The second-order valence-electron chi connectivity index (χ2n) is 12.2. The zero-order valence-electron chi connectivity index (χ0n) is 18.4. The van der Waals surface area contributed by atoms with Gasteiger partial charge in [-0.1, -0.05) is 0 Å². The van der Waals surface area contributed by atoms with Crippen LogP contribution >= 0.6 is 0 Å². The highest BCUT2D eigenvalue weighted by molar-refractivity contribution is 6.00. The molecule has 0 radical (unpaired) electrons. The van der Waals surface area contributed by atoms with Crippen LogP contribution in [-0.2, 0) is 9.59 Å². The lowest BCUT2D eigenvalue weighted by Crippen LogP contribution is -2.56. The minimum absolute atomic E-state index is 0.0813. The molecule has 0 spiro atoms. The van der Waals surface area contributed by atoms with Crippen LogP contribution in [-0.4, -0.2) is 23.6 Å². The summed E-state index contributed by atoms with van der Waals surface area (Å²) in [5, 5.41) is 7.72. The van der Waals surface area contributed by atoms with Crippen molar-refractivity contribution in [1.82, 2.24) is 10.7 Å². The Bertz CT molecular complexity index is 709. The Balaban J connectivity index is 1.03. The van der Waals surface area contributed by atoms with Crippen molar-refractivity contribution in [3.8, 4) is 0 Å². The predicted octanol–water partition coefficient (Wildman–Crippen LogP) is 4.03. The average molecular weight is 412 g/mol. The number of carbonyl (C=O) groups is 2. The Kier molecular flexibility index (Phi) is 4.55. The highest BCUT2D eigenvalue weighted by Gasteiger charge is 2.54. The quantitative estimate of drug-likeness (QED) is 0.530. The van der Waals surface area contributed by atoms with Gasteiger partial charge >= 0.3 is 0 Å². The first kappa shape index (κ1) is 19.3. The second kappa shape index (κ2) is 7.06. The standard InChI is InChI=1S/C25H37N3O2/c1-14(2-22(29)26-23-20-7-15-3-16(9-20)10-21(23)8-15)27-28-24(30)25-11-17-4-18(12-25)6-19(5-17)13-25/h15-21,23H,2-13H2,1H3,(H,26,29)(H,28,30)/b27-14-. The normalized spacial score (nSPS) is 48.1. The molecule has 2 N–H and O–H groups in total. The van der Waals surface area contributed by atoms with Crippen LogP contribution in [0.4, 0.5) is 0 Å². The Labute approximate surface area is 180 Å². The third kappa shape index (κ3) is 3.31. The van der Waals surface area contributed by atoms with Gasteiger partial charge in [0.25, 0.3) is 0 Å². The molecule has 2 amide bonds. The predicted molar refractivity (Wildman–Crippen MR) is 115 cm³/mol. The lowest BCUT2D eigenvalue weighted by molar-refractivity contribution is -0.146. The molecule has 5 heteroatoms. The topological polar surface area (TPSA) is 70.6 Å². The van der Waals surface area contributed by atoms with Gasteiger partial charge in [0.15, 0.2) is 0 Å². The van der Waals surface area contributed by atoms with Crippen LogP contribution in [0.5, 0.6) is 0 Å². The maximum Gasteiger partial charge on any atom is 0.246 e. The van der Waals surface area contributed by atoms with Crippen molar-refractivity contribution in [1.29, 1.82) is 0 Å². The molecule has 8 fully saturated rings. The fraction of sp³-hybridized carbons (Fsp3) is 0.880. The van der Waals surface area contributed by atoms with E-state index < -0.39 is 0 Å². The first-order chi connectivity index (χ1) is 14.5. The van der Waals surface area contributed by atoms with Crippen LogP contribution in [0.2, 0.25) is 0 Å². The first-order valence-electron chi connectivity index (χ1n) is 12.6. The van der Waals surface area contributed by atoms with Crippen LogP contribution in [0, 0.1) is 46.8 Å². The third-order valence-electron chi connectivity index (χ3n) is 9.84. The number of hydrogen-bond acceptors (Lipinski definition) is 3. The SMILES string of the molecule is C/C(CC(=O)NC1C2CC3CC(C2)CC1C3)=N/NC(=O)C12CC3CC(CC(C3)C1)C2. The zero-order valence-corrected chi connectivity index (χ0v) is 18.4. The Hall–Kier alpha value is -1.39. The van der Waals surface area contributed by atoms with Crippen molar-refractivity contribution >= 4 is 17.5 Å². The van der Waals surface area contributed by atoms with Crippen molar-refractivity contribution in [2.75, 3.05) is 0 Å². The molecule has 5 nitrogen and oxygen atoms in total. The smallest absolute Gasteiger partial charge is 0.246 e. The number of hydrogen-bond donors (Lipinski definition) is 2. The largest absolute Gasteiger partial charge is 0.352 e. The molecule has 0 aromatic rings. The van der Waals surface area contributed by atoms with Gasteiger partial charge in [0.05, 0.1) is 11.8 Å². The Morgan fingerprint density at radius 1 is 0.800 bits per heavy atom.